The van der Waals surface area contributed by atoms with Gasteiger partial charge in [-0.1, -0.05) is 48.0 Å². The summed E-state index contributed by atoms with van der Waals surface area (Å²) in [5.41, 5.74) is 6.29. The normalized spacial score (nSPS) is 12.5. The van der Waals surface area contributed by atoms with Gasteiger partial charge in [0.25, 0.3) is 11.5 Å². The van der Waals surface area contributed by atoms with E-state index in [0.29, 0.717) is 5.69 Å². The molecule has 4 heteroatoms. The highest BCUT2D eigenvalue weighted by atomic mass is 35.5. The third-order valence-corrected chi connectivity index (χ3v) is 5.84. The van der Waals surface area contributed by atoms with Crippen LogP contribution >= 0.6 is 11.6 Å². The average Bonchev–Trinajstić information content (AvgIpc) is 3.24. The summed E-state index contributed by atoms with van der Waals surface area (Å²) >= 11 is 6.39. The van der Waals surface area contributed by atoms with Crippen molar-refractivity contribution < 1.29 is 9.36 Å². The SMILES string of the molecule is O=C1c2ccccc2-[n+]2ccc3c([nH]c4ccc(-c5ccccc5Cl)cc43)c21. The van der Waals surface area contributed by atoms with Crippen LogP contribution < -0.4 is 4.57 Å². The standard InChI is InChI=1S/C24H13ClN2O/c25-19-7-3-1-5-15(19)14-9-10-20-18(13-14)16-11-12-27-21-8-4-2-6-17(21)24(28)23(27)22(16)26-20/h1-13H/p+1. The van der Waals surface area contributed by atoms with Crippen molar-refractivity contribution in [1.82, 2.24) is 4.98 Å². The number of pyridine rings is 1. The first-order chi connectivity index (χ1) is 13.7. The van der Waals surface area contributed by atoms with Gasteiger partial charge in [-0.15, -0.1) is 0 Å². The van der Waals surface area contributed by atoms with Gasteiger partial charge < -0.3 is 4.98 Å². The largest absolute Gasteiger partial charge is 0.349 e. The van der Waals surface area contributed by atoms with Gasteiger partial charge in [0.1, 0.15) is 11.1 Å². The van der Waals surface area contributed by atoms with Crippen LogP contribution in [-0.4, -0.2) is 10.8 Å². The van der Waals surface area contributed by atoms with Crippen molar-refractivity contribution in [2.24, 2.45) is 0 Å². The second-order valence-corrected chi connectivity index (χ2v) is 7.44. The second kappa shape index (κ2) is 5.54. The van der Waals surface area contributed by atoms with E-state index < -0.39 is 0 Å². The number of rotatable bonds is 1. The Morgan fingerprint density at radius 1 is 0.821 bits per heavy atom. The van der Waals surface area contributed by atoms with Crippen LogP contribution in [0.3, 0.4) is 0 Å². The number of carbonyl (C=O) groups is 1. The smallest absolute Gasteiger partial charge is 0.284 e. The Hall–Kier alpha value is -3.43. The molecule has 132 valence electrons. The molecule has 0 amide bonds. The number of nitrogens with one attached hydrogen (secondary N) is 1. The Morgan fingerprint density at radius 3 is 2.46 bits per heavy atom. The summed E-state index contributed by atoms with van der Waals surface area (Å²) in [4.78, 5) is 16.5. The van der Waals surface area contributed by atoms with E-state index in [2.05, 4.69) is 29.2 Å². The van der Waals surface area contributed by atoms with Gasteiger partial charge in [0, 0.05) is 39.0 Å². The maximum Gasteiger partial charge on any atom is 0.284 e. The van der Waals surface area contributed by atoms with Gasteiger partial charge in [0.2, 0.25) is 5.69 Å². The molecule has 0 radical (unpaired) electrons. The number of benzene rings is 3. The zero-order valence-corrected chi connectivity index (χ0v) is 15.5. The van der Waals surface area contributed by atoms with E-state index in [0.717, 1.165) is 49.2 Å². The number of para-hydroxylation sites is 1. The highest BCUT2D eigenvalue weighted by molar-refractivity contribution is 6.33. The summed E-state index contributed by atoms with van der Waals surface area (Å²) < 4.78 is 1.98. The monoisotopic (exact) mass is 381 g/mol. The second-order valence-electron chi connectivity index (χ2n) is 7.03. The Bertz CT molecular complexity index is 1450. The molecule has 0 fully saturated rings. The number of hydrogen-bond donors (Lipinski definition) is 1. The van der Waals surface area contributed by atoms with Crippen LogP contribution in [0.1, 0.15) is 16.1 Å². The first-order valence-electron chi connectivity index (χ1n) is 9.11. The molecule has 2 aromatic heterocycles. The van der Waals surface area contributed by atoms with Crippen molar-refractivity contribution in [3.8, 4) is 16.8 Å². The van der Waals surface area contributed by atoms with Crippen molar-refractivity contribution in [3.63, 3.8) is 0 Å². The summed E-state index contributed by atoms with van der Waals surface area (Å²) in [6.07, 6.45) is 1.98. The minimum Gasteiger partial charge on any atom is -0.349 e. The Kier molecular flexibility index (Phi) is 3.09. The average molecular weight is 382 g/mol. The van der Waals surface area contributed by atoms with Gasteiger partial charge in [-0.2, -0.15) is 4.57 Å². The number of hydrogen-bond acceptors (Lipinski definition) is 1. The van der Waals surface area contributed by atoms with Gasteiger partial charge in [-0.3, -0.25) is 4.79 Å². The zero-order valence-electron chi connectivity index (χ0n) is 14.7. The van der Waals surface area contributed by atoms with Gasteiger partial charge in [0.15, 0.2) is 6.20 Å². The number of fused-ring (bicyclic) bond motifs is 7. The minimum atomic E-state index is 0.0547. The van der Waals surface area contributed by atoms with E-state index in [-0.39, 0.29) is 5.78 Å². The van der Waals surface area contributed by atoms with Crippen LogP contribution in [0.5, 0.6) is 0 Å². The number of H-pyrrole nitrogens is 1. The highest BCUT2D eigenvalue weighted by Crippen LogP contribution is 2.35. The molecular weight excluding hydrogens is 368 g/mol. The molecule has 0 saturated heterocycles. The number of aromatic nitrogens is 2. The van der Waals surface area contributed by atoms with Gasteiger partial charge in [-0.25, -0.2) is 0 Å². The van der Waals surface area contributed by atoms with Crippen LogP contribution in [0.4, 0.5) is 0 Å². The first-order valence-corrected chi connectivity index (χ1v) is 9.49. The molecule has 1 N–H and O–H groups in total. The van der Waals surface area contributed by atoms with E-state index in [1.807, 2.05) is 59.3 Å². The van der Waals surface area contributed by atoms with Gasteiger partial charge >= 0.3 is 0 Å². The topological polar surface area (TPSA) is 36.7 Å². The van der Waals surface area contributed by atoms with Crippen molar-refractivity contribution in [2.45, 2.75) is 0 Å². The molecule has 5 aromatic rings. The third-order valence-electron chi connectivity index (χ3n) is 5.51. The lowest BCUT2D eigenvalue weighted by Crippen LogP contribution is -2.31. The van der Waals surface area contributed by atoms with Crippen LogP contribution in [-0.2, 0) is 0 Å². The van der Waals surface area contributed by atoms with E-state index in [1.165, 1.54) is 0 Å². The summed E-state index contributed by atoms with van der Waals surface area (Å²) in [5, 5.41) is 2.85. The fourth-order valence-corrected chi connectivity index (χ4v) is 4.45. The fourth-order valence-electron chi connectivity index (χ4n) is 4.21. The quantitative estimate of drug-likeness (QED) is 0.377. The summed E-state index contributed by atoms with van der Waals surface area (Å²) in [6.45, 7) is 0. The molecule has 1 aliphatic heterocycles. The predicted octanol–water partition coefficient (Wildman–Crippen LogP) is 5.46. The van der Waals surface area contributed by atoms with Crippen LogP contribution in [0, 0.1) is 0 Å². The molecule has 3 heterocycles. The molecule has 6 rings (SSSR count). The molecule has 0 saturated carbocycles. The molecule has 3 nitrogen and oxygen atoms in total. The highest BCUT2D eigenvalue weighted by Gasteiger charge is 2.37. The van der Waals surface area contributed by atoms with Crippen LogP contribution in [0.25, 0.3) is 38.6 Å². The molecule has 1 aliphatic rings. The molecule has 0 atom stereocenters. The van der Waals surface area contributed by atoms with Crippen molar-refractivity contribution in [1.29, 1.82) is 0 Å². The Morgan fingerprint density at radius 2 is 1.61 bits per heavy atom. The van der Waals surface area contributed by atoms with E-state index in [4.69, 9.17) is 11.6 Å². The molecule has 0 unspecified atom stereocenters. The number of halogens is 1. The van der Waals surface area contributed by atoms with E-state index in [1.54, 1.807) is 0 Å². The van der Waals surface area contributed by atoms with Crippen LogP contribution in [0.15, 0.2) is 79.0 Å². The lowest BCUT2D eigenvalue weighted by Gasteiger charge is -2.04. The zero-order chi connectivity index (χ0) is 18.8. The van der Waals surface area contributed by atoms with Crippen LogP contribution in [0.2, 0.25) is 5.02 Å². The summed E-state index contributed by atoms with van der Waals surface area (Å²) in [6, 6.07) is 23.9. The number of carbonyl (C=O) groups excluding carboxylic acids is 1. The number of ketones is 1. The first kappa shape index (κ1) is 15.6. The molecular formula is C24H14ClN2O+. The summed E-state index contributed by atoms with van der Waals surface area (Å²) in [5.74, 6) is 0.0547. The van der Waals surface area contributed by atoms with Crippen molar-refractivity contribution >= 4 is 39.2 Å². The maximum absolute atomic E-state index is 13.1. The maximum atomic E-state index is 13.1. The molecule has 3 aromatic carbocycles. The van der Waals surface area contributed by atoms with Gasteiger partial charge in [-0.05, 0) is 29.8 Å². The van der Waals surface area contributed by atoms with Crippen molar-refractivity contribution in [2.75, 3.05) is 0 Å². The van der Waals surface area contributed by atoms with E-state index in [9.17, 15) is 4.79 Å². The molecule has 28 heavy (non-hydrogen) atoms. The number of nitrogens with zero attached hydrogens (tertiary/aromatic N) is 1. The molecule has 0 aliphatic carbocycles. The Balaban J connectivity index is 1.64. The lowest BCUT2D eigenvalue weighted by molar-refractivity contribution is -0.592. The Labute approximate surface area is 165 Å². The lowest BCUT2D eigenvalue weighted by atomic mass is 10.0. The fraction of sp³-hybridized carbons (Fsp3) is 0. The number of aromatic amines is 1. The molecule has 0 bridgehead atoms. The minimum absolute atomic E-state index is 0.0547. The molecule has 0 spiro atoms. The third kappa shape index (κ3) is 1.99. The van der Waals surface area contributed by atoms with E-state index >= 15 is 0 Å². The van der Waals surface area contributed by atoms with Crippen molar-refractivity contribution in [3.05, 3.63) is 95.3 Å². The predicted molar refractivity (Wildman–Crippen MR) is 111 cm³/mol. The summed E-state index contributed by atoms with van der Waals surface area (Å²) in [7, 11) is 0. The van der Waals surface area contributed by atoms with Gasteiger partial charge in [0.05, 0.1) is 0 Å².